The molecule has 176 valence electrons. The molecule has 9 nitrogen and oxygen atoms in total. The Hall–Kier alpha value is -2.49. The average Bonchev–Trinajstić information content (AvgIpc) is 3.07. The zero-order valence-electron chi connectivity index (χ0n) is 18.9. The van der Waals surface area contributed by atoms with Crippen molar-refractivity contribution in [2.45, 2.75) is 51.9 Å². The molecule has 2 aliphatic heterocycles. The van der Waals surface area contributed by atoms with E-state index in [0.29, 0.717) is 37.3 Å². The fourth-order valence-electron chi connectivity index (χ4n) is 3.91. The minimum absolute atomic E-state index is 0.0211. The molecule has 0 aliphatic carbocycles. The summed E-state index contributed by atoms with van der Waals surface area (Å²) in [5.41, 5.74) is 1.01. The molecule has 3 rings (SSSR count). The van der Waals surface area contributed by atoms with Gasteiger partial charge in [-0.25, -0.2) is 0 Å². The SMILES string of the molecule is CC(C)CC(NC(=O)c1ccc(O)c(CN2CCOCC2)c1)C(=O)N[C@@H]1C(=O)CO[C@@H]1C. The molecule has 2 saturated heterocycles. The molecule has 1 aromatic rings. The highest BCUT2D eigenvalue weighted by Crippen LogP contribution is 2.21. The Labute approximate surface area is 188 Å². The number of Topliss-reactive ketones (excluding diaryl/α,β-unsaturated/α-hetero) is 1. The number of phenols is 1. The number of rotatable bonds is 8. The first-order chi connectivity index (χ1) is 15.2. The molecule has 2 heterocycles. The smallest absolute Gasteiger partial charge is 0.251 e. The Morgan fingerprint density at radius 3 is 2.59 bits per heavy atom. The first-order valence-corrected chi connectivity index (χ1v) is 11.1. The second-order valence-corrected chi connectivity index (χ2v) is 8.86. The van der Waals surface area contributed by atoms with Crippen LogP contribution in [-0.2, 0) is 25.6 Å². The van der Waals surface area contributed by atoms with Crippen LogP contribution in [0.2, 0.25) is 0 Å². The van der Waals surface area contributed by atoms with Crippen LogP contribution in [0, 0.1) is 5.92 Å². The Kier molecular flexibility index (Phi) is 8.22. The molecule has 0 saturated carbocycles. The monoisotopic (exact) mass is 447 g/mol. The van der Waals surface area contributed by atoms with E-state index in [0.717, 1.165) is 13.1 Å². The van der Waals surface area contributed by atoms with Gasteiger partial charge in [-0.3, -0.25) is 19.3 Å². The van der Waals surface area contributed by atoms with Gasteiger partial charge >= 0.3 is 0 Å². The van der Waals surface area contributed by atoms with E-state index in [1.54, 1.807) is 13.0 Å². The van der Waals surface area contributed by atoms with Crippen LogP contribution in [0.5, 0.6) is 5.75 Å². The van der Waals surface area contributed by atoms with Crippen molar-refractivity contribution in [3.05, 3.63) is 29.3 Å². The number of hydrogen-bond acceptors (Lipinski definition) is 7. The fourth-order valence-corrected chi connectivity index (χ4v) is 3.91. The van der Waals surface area contributed by atoms with E-state index in [1.807, 2.05) is 13.8 Å². The first-order valence-electron chi connectivity index (χ1n) is 11.1. The Balaban J connectivity index is 1.69. The molecule has 2 amide bonds. The van der Waals surface area contributed by atoms with Gasteiger partial charge in [0.2, 0.25) is 5.91 Å². The van der Waals surface area contributed by atoms with Crippen molar-refractivity contribution in [2.24, 2.45) is 5.92 Å². The Morgan fingerprint density at radius 1 is 1.25 bits per heavy atom. The largest absolute Gasteiger partial charge is 0.508 e. The number of benzene rings is 1. The number of aromatic hydroxyl groups is 1. The highest BCUT2D eigenvalue weighted by molar-refractivity contribution is 5.99. The van der Waals surface area contributed by atoms with Gasteiger partial charge in [-0.15, -0.1) is 0 Å². The van der Waals surface area contributed by atoms with Gasteiger partial charge in [-0.05, 0) is 37.5 Å². The zero-order valence-corrected chi connectivity index (χ0v) is 18.9. The summed E-state index contributed by atoms with van der Waals surface area (Å²) in [5.74, 6) is -0.716. The third-order valence-corrected chi connectivity index (χ3v) is 5.77. The average molecular weight is 448 g/mol. The Bertz CT molecular complexity index is 837. The fraction of sp³-hybridized carbons (Fsp3) is 0.609. The maximum absolute atomic E-state index is 13.0. The van der Waals surface area contributed by atoms with Crippen LogP contribution in [0.3, 0.4) is 0 Å². The van der Waals surface area contributed by atoms with Gasteiger partial charge < -0.3 is 25.2 Å². The maximum atomic E-state index is 13.0. The number of amides is 2. The molecule has 1 aromatic carbocycles. The normalized spacial score (nSPS) is 22.7. The third-order valence-electron chi connectivity index (χ3n) is 5.77. The lowest BCUT2D eigenvalue weighted by Crippen LogP contribution is -2.53. The molecule has 32 heavy (non-hydrogen) atoms. The highest BCUT2D eigenvalue weighted by Gasteiger charge is 2.35. The van der Waals surface area contributed by atoms with Crippen LogP contribution in [0.25, 0.3) is 0 Å². The van der Waals surface area contributed by atoms with Gasteiger partial charge in [0.15, 0.2) is 5.78 Å². The Morgan fingerprint density at radius 2 is 1.97 bits per heavy atom. The van der Waals surface area contributed by atoms with E-state index in [9.17, 15) is 19.5 Å². The summed E-state index contributed by atoms with van der Waals surface area (Å²) in [6.07, 6.45) is 0.0218. The molecule has 2 fully saturated rings. The summed E-state index contributed by atoms with van der Waals surface area (Å²) in [6.45, 7) is 8.93. The summed E-state index contributed by atoms with van der Waals surface area (Å²) in [6, 6.07) is 3.19. The summed E-state index contributed by atoms with van der Waals surface area (Å²) < 4.78 is 10.6. The molecular formula is C23H33N3O6. The van der Waals surface area contributed by atoms with Gasteiger partial charge in [0.25, 0.3) is 5.91 Å². The topological polar surface area (TPSA) is 117 Å². The van der Waals surface area contributed by atoms with Gasteiger partial charge in [0.05, 0.1) is 19.3 Å². The molecular weight excluding hydrogens is 414 g/mol. The van der Waals surface area contributed by atoms with Crippen LogP contribution in [-0.4, -0.2) is 78.7 Å². The number of nitrogens with one attached hydrogen (secondary N) is 2. The van der Waals surface area contributed by atoms with E-state index in [1.165, 1.54) is 12.1 Å². The number of hydrogen-bond donors (Lipinski definition) is 3. The standard InChI is InChI=1S/C23H33N3O6/c1-14(2)10-18(23(30)25-21-15(3)32-13-20(21)28)24-22(29)16-4-5-19(27)17(11-16)12-26-6-8-31-9-7-26/h4-5,11,14-15,18,21,27H,6-10,12-13H2,1-3H3,(H,24,29)(H,25,30)/t15-,18?,21+/m1/s1. The van der Waals surface area contributed by atoms with E-state index in [2.05, 4.69) is 15.5 Å². The third kappa shape index (κ3) is 6.27. The molecule has 3 N–H and O–H groups in total. The van der Waals surface area contributed by atoms with Crippen molar-refractivity contribution in [3.63, 3.8) is 0 Å². The van der Waals surface area contributed by atoms with Gasteiger partial charge in [-0.1, -0.05) is 13.8 Å². The van der Waals surface area contributed by atoms with E-state index >= 15 is 0 Å². The summed E-state index contributed by atoms with van der Waals surface area (Å²) in [5, 5.41) is 15.8. The summed E-state index contributed by atoms with van der Waals surface area (Å²) >= 11 is 0. The molecule has 0 spiro atoms. The second kappa shape index (κ2) is 10.9. The summed E-state index contributed by atoms with van der Waals surface area (Å²) in [4.78, 5) is 40.0. The number of nitrogens with zero attached hydrogens (tertiary/aromatic N) is 1. The lowest BCUT2D eigenvalue weighted by Gasteiger charge is -2.27. The van der Waals surface area contributed by atoms with Crippen molar-refractivity contribution < 1.29 is 29.0 Å². The highest BCUT2D eigenvalue weighted by atomic mass is 16.5. The number of carbonyl (C=O) groups is 3. The van der Waals surface area contributed by atoms with Crippen LogP contribution in [0.1, 0.15) is 43.1 Å². The number of morpholine rings is 1. The van der Waals surface area contributed by atoms with E-state index in [4.69, 9.17) is 9.47 Å². The lowest BCUT2D eigenvalue weighted by molar-refractivity contribution is -0.127. The van der Waals surface area contributed by atoms with Gasteiger partial charge in [-0.2, -0.15) is 0 Å². The van der Waals surface area contributed by atoms with Crippen LogP contribution < -0.4 is 10.6 Å². The minimum atomic E-state index is -0.792. The van der Waals surface area contributed by atoms with Crippen molar-refractivity contribution in [2.75, 3.05) is 32.9 Å². The number of ether oxygens (including phenoxy) is 2. The van der Waals surface area contributed by atoms with Crippen LogP contribution >= 0.6 is 0 Å². The van der Waals surface area contributed by atoms with E-state index < -0.39 is 30.0 Å². The predicted molar refractivity (Wildman–Crippen MR) is 117 cm³/mol. The second-order valence-electron chi connectivity index (χ2n) is 8.86. The van der Waals surface area contributed by atoms with Gasteiger partial charge in [0, 0.05) is 30.8 Å². The number of phenolic OH excluding ortho intramolecular Hbond substituents is 1. The molecule has 0 bridgehead atoms. The molecule has 1 unspecified atom stereocenters. The van der Waals surface area contributed by atoms with Crippen LogP contribution in [0.15, 0.2) is 18.2 Å². The summed E-state index contributed by atoms with van der Waals surface area (Å²) in [7, 11) is 0. The van der Waals surface area contributed by atoms with Crippen molar-refractivity contribution in [1.29, 1.82) is 0 Å². The first kappa shape index (κ1) is 24.2. The predicted octanol–water partition coefficient (Wildman–Crippen LogP) is 0.842. The quantitative estimate of drug-likeness (QED) is 0.541. The molecule has 0 aromatic heterocycles. The van der Waals surface area contributed by atoms with Crippen LogP contribution in [0.4, 0.5) is 0 Å². The van der Waals surface area contributed by atoms with Crippen molar-refractivity contribution >= 4 is 17.6 Å². The van der Waals surface area contributed by atoms with Crippen molar-refractivity contribution in [3.8, 4) is 5.75 Å². The molecule has 2 aliphatic rings. The number of ketones is 1. The van der Waals surface area contributed by atoms with E-state index in [-0.39, 0.29) is 24.1 Å². The molecule has 3 atom stereocenters. The van der Waals surface area contributed by atoms with Gasteiger partial charge in [0.1, 0.15) is 24.4 Å². The van der Waals surface area contributed by atoms with Crippen molar-refractivity contribution in [1.82, 2.24) is 15.5 Å². The lowest BCUT2D eigenvalue weighted by atomic mass is 10.0. The molecule has 9 heteroatoms. The molecule has 0 radical (unpaired) electrons. The zero-order chi connectivity index (χ0) is 23.3. The minimum Gasteiger partial charge on any atom is -0.508 e. The number of carbonyl (C=O) groups excluding carboxylic acids is 3. The maximum Gasteiger partial charge on any atom is 0.251 e.